The molecular formula is C14H26IN3O2. The monoisotopic (exact) mass is 395 g/mol. The number of nitrogens with one attached hydrogen (secondary N) is 2. The number of nitrogens with zero attached hydrogens (tertiary/aromatic N) is 1. The Morgan fingerprint density at radius 2 is 2.15 bits per heavy atom. The molecule has 0 bridgehead atoms. The van der Waals surface area contributed by atoms with Gasteiger partial charge in [-0.15, -0.1) is 24.0 Å². The quantitative estimate of drug-likeness (QED) is 0.393. The first-order chi connectivity index (χ1) is 8.95. The maximum Gasteiger partial charge on any atom is 0.191 e. The summed E-state index contributed by atoms with van der Waals surface area (Å²) >= 11 is 0. The normalized spacial score (nSPS) is 14.6. The highest BCUT2D eigenvalue weighted by Crippen LogP contribution is 2.20. The molecule has 1 aromatic rings. The zero-order chi connectivity index (χ0) is 14.3. The first kappa shape index (κ1) is 19.2. The zero-order valence-corrected chi connectivity index (χ0v) is 15.0. The SMILES string of the molecule is CCNC(=NCC(C)(O)c1ccco1)NCC(C)C.I. The molecule has 0 amide bonds. The molecule has 0 spiro atoms. The summed E-state index contributed by atoms with van der Waals surface area (Å²) in [6.45, 7) is 9.85. The molecule has 0 aliphatic heterocycles. The third-order valence-corrected chi connectivity index (χ3v) is 2.62. The minimum Gasteiger partial charge on any atom is -0.466 e. The highest BCUT2D eigenvalue weighted by atomic mass is 127. The van der Waals surface area contributed by atoms with E-state index in [-0.39, 0.29) is 30.5 Å². The minimum absolute atomic E-state index is 0. The van der Waals surface area contributed by atoms with E-state index < -0.39 is 5.60 Å². The van der Waals surface area contributed by atoms with E-state index >= 15 is 0 Å². The van der Waals surface area contributed by atoms with E-state index in [0.717, 1.165) is 13.1 Å². The van der Waals surface area contributed by atoms with Crippen molar-refractivity contribution in [3.8, 4) is 0 Å². The Hall–Kier alpha value is -0.760. The van der Waals surface area contributed by atoms with Crippen molar-refractivity contribution in [3.05, 3.63) is 24.2 Å². The third-order valence-electron chi connectivity index (χ3n) is 2.62. The Morgan fingerprint density at radius 3 is 2.65 bits per heavy atom. The molecule has 5 nitrogen and oxygen atoms in total. The second-order valence-electron chi connectivity index (χ2n) is 5.22. The topological polar surface area (TPSA) is 69.8 Å². The second kappa shape index (κ2) is 9.23. The van der Waals surface area contributed by atoms with Gasteiger partial charge < -0.3 is 20.2 Å². The summed E-state index contributed by atoms with van der Waals surface area (Å²) in [6.07, 6.45) is 1.55. The molecule has 0 aromatic carbocycles. The summed E-state index contributed by atoms with van der Waals surface area (Å²) in [7, 11) is 0. The molecule has 20 heavy (non-hydrogen) atoms. The van der Waals surface area contributed by atoms with Gasteiger partial charge >= 0.3 is 0 Å². The van der Waals surface area contributed by atoms with Crippen LogP contribution in [0.15, 0.2) is 27.8 Å². The van der Waals surface area contributed by atoms with Gasteiger partial charge in [-0.05, 0) is 31.9 Å². The molecule has 1 unspecified atom stereocenters. The summed E-state index contributed by atoms with van der Waals surface area (Å²) in [5.41, 5.74) is -1.09. The number of rotatable bonds is 6. The van der Waals surface area contributed by atoms with Crippen LogP contribution in [-0.2, 0) is 5.60 Å². The van der Waals surface area contributed by atoms with Crippen LogP contribution in [0.5, 0.6) is 0 Å². The molecule has 0 saturated heterocycles. The molecule has 1 rings (SSSR count). The van der Waals surface area contributed by atoms with Crippen molar-refractivity contribution < 1.29 is 9.52 Å². The lowest BCUT2D eigenvalue weighted by molar-refractivity contribution is 0.0437. The standard InChI is InChI=1S/C14H25N3O2.HI/c1-5-15-13(16-9-11(2)3)17-10-14(4,18)12-7-6-8-19-12;/h6-8,11,18H,5,9-10H2,1-4H3,(H2,15,16,17);1H. The van der Waals surface area contributed by atoms with Crippen molar-refractivity contribution in [2.24, 2.45) is 10.9 Å². The fourth-order valence-electron chi connectivity index (χ4n) is 1.54. The van der Waals surface area contributed by atoms with Gasteiger partial charge in [0.25, 0.3) is 0 Å². The molecule has 1 aromatic heterocycles. The molecule has 1 atom stereocenters. The van der Waals surface area contributed by atoms with E-state index in [1.165, 1.54) is 0 Å². The van der Waals surface area contributed by atoms with Crippen molar-refractivity contribution in [3.63, 3.8) is 0 Å². The molecular weight excluding hydrogens is 369 g/mol. The van der Waals surface area contributed by atoms with Gasteiger partial charge in [0.05, 0.1) is 12.8 Å². The van der Waals surface area contributed by atoms with E-state index in [2.05, 4.69) is 29.5 Å². The number of guanidine groups is 1. The van der Waals surface area contributed by atoms with Gasteiger partial charge in [-0.25, -0.2) is 4.99 Å². The van der Waals surface area contributed by atoms with Gasteiger partial charge in [-0.1, -0.05) is 13.8 Å². The van der Waals surface area contributed by atoms with E-state index in [0.29, 0.717) is 17.6 Å². The van der Waals surface area contributed by atoms with Gasteiger partial charge in [-0.2, -0.15) is 0 Å². The summed E-state index contributed by atoms with van der Waals surface area (Å²) in [4.78, 5) is 4.40. The first-order valence-corrected chi connectivity index (χ1v) is 6.74. The van der Waals surface area contributed by atoms with Crippen molar-refractivity contribution >= 4 is 29.9 Å². The van der Waals surface area contributed by atoms with Gasteiger partial charge in [-0.3, -0.25) is 0 Å². The number of hydrogen-bond acceptors (Lipinski definition) is 3. The highest BCUT2D eigenvalue weighted by Gasteiger charge is 2.25. The highest BCUT2D eigenvalue weighted by molar-refractivity contribution is 14.0. The van der Waals surface area contributed by atoms with E-state index in [1.807, 2.05) is 6.92 Å². The minimum atomic E-state index is -1.09. The number of aliphatic hydroxyl groups is 1. The summed E-state index contributed by atoms with van der Waals surface area (Å²) in [6, 6.07) is 3.51. The van der Waals surface area contributed by atoms with E-state index in [9.17, 15) is 5.11 Å². The van der Waals surface area contributed by atoms with Crippen LogP contribution in [0.3, 0.4) is 0 Å². The third kappa shape index (κ3) is 6.60. The van der Waals surface area contributed by atoms with Crippen LogP contribution >= 0.6 is 24.0 Å². The predicted octanol–water partition coefficient (Wildman–Crippen LogP) is 2.32. The van der Waals surface area contributed by atoms with Gasteiger partial charge in [0, 0.05) is 13.1 Å². The second-order valence-corrected chi connectivity index (χ2v) is 5.22. The molecule has 0 aliphatic rings. The molecule has 0 radical (unpaired) electrons. The average molecular weight is 395 g/mol. The predicted molar refractivity (Wildman–Crippen MR) is 92.5 cm³/mol. The lowest BCUT2D eigenvalue weighted by Crippen LogP contribution is -2.40. The summed E-state index contributed by atoms with van der Waals surface area (Å²) in [5.74, 6) is 1.77. The lowest BCUT2D eigenvalue weighted by Gasteiger charge is -2.20. The van der Waals surface area contributed by atoms with Crippen LogP contribution in [0, 0.1) is 5.92 Å². The maximum absolute atomic E-state index is 10.3. The van der Waals surface area contributed by atoms with Crippen LogP contribution in [0.25, 0.3) is 0 Å². The number of furan rings is 1. The summed E-state index contributed by atoms with van der Waals surface area (Å²) in [5, 5.41) is 16.7. The van der Waals surface area contributed by atoms with Crippen molar-refractivity contribution in [2.45, 2.75) is 33.3 Å². The lowest BCUT2D eigenvalue weighted by atomic mass is 10.0. The summed E-state index contributed by atoms with van der Waals surface area (Å²) < 4.78 is 5.23. The molecule has 0 aliphatic carbocycles. The Bertz CT molecular complexity index is 389. The number of hydrogen-bond donors (Lipinski definition) is 3. The fraction of sp³-hybridized carbons (Fsp3) is 0.643. The Kier molecular flexibility index (Phi) is 8.88. The largest absolute Gasteiger partial charge is 0.466 e. The van der Waals surface area contributed by atoms with E-state index in [4.69, 9.17) is 4.42 Å². The van der Waals surface area contributed by atoms with Gasteiger partial charge in [0.15, 0.2) is 5.96 Å². The number of halogens is 1. The molecule has 6 heteroatoms. The molecule has 0 fully saturated rings. The molecule has 3 N–H and O–H groups in total. The smallest absolute Gasteiger partial charge is 0.191 e. The Labute approximate surface area is 138 Å². The van der Waals surface area contributed by atoms with Crippen molar-refractivity contribution in [1.29, 1.82) is 0 Å². The first-order valence-electron chi connectivity index (χ1n) is 6.74. The zero-order valence-electron chi connectivity index (χ0n) is 12.6. The van der Waals surface area contributed by atoms with Crippen LogP contribution in [-0.4, -0.2) is 30.7 Å². The Balaban J connectivity index is 0.00000361. The maximum atomic E-state index is 10.3. The van der Waals surface area contributed by atoms with Crippen LogP contribution in [0.4, 0.5) is 0 Å². The average Bonchev–Trinajstić information content (AvgIpc) is 2.87. The molecule has 1 heterocycles. The molecule has 0 saturated carbocycles. The molecule has 116 valence electrons. The fourth-order valence-corrected chi connectivity index (χ4v) is 1.54. The van der Waals surface area contributed by atoms with Gasteiger partial charge in [0.1, 0.15) is 11.4 Å². The van der Waals surface area contributed by atoms with Crippen LogP contribution in [0.2, 0.25) is 0 Å². The van der Waals surface area contributed by atoms with Crippen LogP contribution in [0.1, 0.15) is 33.5 Å². The van der Waals surface area contributed by atoms with Gasteiger partial charge in [0.2, 0.25) is 0 Å². The van der Waals surface area contributed by atoms with Crippen molar-refractivity contribution in [1.82, 2.24) is 10.6 Å². The Morgan fingerprint density at radius 1 is 1.45 bits per heavy atom. The van der Waals surface area contributed by atoms with Crippen LogP contribution < -0.4 is 10.6 Å². The van der Waals surface area contributed by atoms with E-state index in [1.54, 1.807) is 25.3 Å². The number of aliphatic imine (C=N–C) groups is 1. The van der Waals surface area contributed by atoms with Crippen molar-refractivity contribution in [2.75, 3.05) is 19.6 Å².